The Morgan fingerprint density at radius 3 is 2.45 bits per heavy atom. The third-order valence-electron chi connectivity index (χ3n) is 6.66. The number of fused-ring (bicyclic) bond motifs is 1. The van der Waals surface area contributed by atoms with Crippen molar-refractivity contribution in [2.45, 2.75) is 20.5 Å². The fourth-order valence-corrected chi connectivity index (χ4v) is 4.95. The quantitative estimate of drug-likeness (QED) is 0.166. The van der Waals surface area contributed by atoms with E-state index in [-0.39, 0.29) is 24.2 Å². The number of nitrogens with zero attached hydrogens (tertiary/aromatic N) is 1. The third-order valence-corrected chi connectivity index (χ3v) is 7.09. The Labute approximate surface area is 251 Å². The van der Waals surface area contributed by atoms with Crippen LogP contribution in [0.25, 0.3) is 33.4 Å². The van der Waals surface area contributed by atoms with E-state index in [2.05, 4.69) is 31.5 Å². The molecule has 0 spiro atoms. The summed E-state index contributed by atoms with van der Waals surface area (Å²) in [6.07, 6.45) is 1.69. The first kappa shape index (κ1) is 29.0. The number of hydrogen-bond donors (Lipinski definition) is 2. The Hall–Kier alpha value is -4.50. The summed E-state index contributed by atoms with van der Waals surface area (Å²) in [6, 6.07) is 20.3. The summed E-state index contributed by atoms with van der Waals surface area (Å²) in [5.41, 5.74) is 4.19. The number of aromatic nitrogens is 1. The van der Waals surface area contributed by atoms with Crippen molar-refractivity contribution in [3.8, 4) is 28.2 Å². The van der Waals surface area contributed by atoms with Gasteiger partial charge in [-0.05, 0) is 99.7 Å². The summed E-state index contributed by atoms with van der Waals surface area (Å²) in [5, 5.41) is 6.22. The van der Waals surface area contributed by atoms with E-state index in [0.717, 1.165) is 11.1 Å². The van der Waals surface area contributed by atoms with Crippen LogP contribution in [0.4, 0.5) is 4.39 Å². The molecule has 0 radical (unpaired) electrons. The summed E-state index contributed by atoms with van der Waals surface area (Å²) in [6.45, 7) is 4.89. The Morgan fingerprint density at radius 2 is 1.74 bits per heavy atom. The fourth-order valence-electron chi connectivity index (χ4n) is 4.54. The SMILES string of the molecule is CNC(=O)c1c(-c2ccc(F)cc2)oc2ccc(-c3cc(C(=O)NCC(C)C)ccc3OCc3ccnc(Br)c3)cc12. The van der Waals surface area contributed by atoms with Gasteiger partial charge in [0.15, 0.2) is 0 Å². The lowest BCUT2D eigenvalue weighted by atomic mass is 9.98. The second-order valence-corrected chi connectivity index (χ2v) is 11.0. The highest BCUT2D eigenvalue weighted by atomic mass is 79.9. The third kappa shape index (κ3) is 6.36. The monoisotopic (exact) mass is 629 g/mol. The molecule has 0 aliphatic heterocycles. The summed E-state index contributed by atoms with van der Waals surface area (Å²) in [7, 11) is 1.54. The normalized spacial score (nSPS) is 11.1. The van der Waals surface area contributed by atoms with Gasteiger partial charge in [0.2, 0.25) is 0 Å². The number of ether oxygens (including phenoxy) is 1. The fraction of sp³-hybridized carbons (Fsp3) is 0.182. The maximum Gasteiger partial charge on any atom is 0.255 e. The van der Waals surface area contributed by atoms with Gasteiger partial charge in [-0.3, -0.25) is 9.59 Å². The van der Waals surface area contributed by atoms with E-state index < -0.39 is 0 Å². The van der Waals surface area contributed by atoms with Gasteiger partial charge in [0.1, 0.15) is 34.1 Å². The van der Waals surface area contributed by atoms with E-state index >= 15 is 0 Å². The molecule has 2 amide bonds. The number of halogens is 2. The van der Waals surface area contributed by atoms with Gasteiger partial charge in [-0.25, -0.2) is 9.37 Å². The van der Waals surface area contributed by atoms with Crippen molar-refractivity contribution in [1.29, 1.82) is 0 Å². The molecule has 0 saturated heterocycles. The molecule has 0 aliphatic rings. The van der Waals surface area contributed by atoms with Crippen molar-refractivity contribution in [2.75, 3.05) is 13.6 Å². The van der Waals surface area contributed by atoms with Gasteiger partial charge >= 0.3 is 0 Å². The van der Waals surface area contributed by atoms with Crippen LogP contribution in [0.2, 0.25) is 0 Å². The topological polar surface area (TPSA) is 93.5 Å². The number of furan rings is 1. The summed E-state index contributed by atoms with van der Waals surface area (Å²) in [5.74, 6) is 0.283. The second kappa shape index (κ2) is 12.6. The average Bonchev–Trinajstić information content (AvgIpc) is 3.37. The number of benzene rings is 3. The summed E-state index contributed by atoms with van der Waals surface area (Å²) in [4.78, 5) is 30.2. The lowest BCUT2D eigenvalue weighted by Crippen LogP contribution is -2.27. The van der Waals surface area contributed by atoms with Crippen LogP contribution >= 0.6 is 15.9 Å². The molecule has 0 aliphatic carbocycles. The molecule has 3 aromatic carbocycles. The summed E-state index contributed by atoms with van der Waals surface area (Å²) >= 11 is 3.39. The Bertz CT molecular complexity index is 1770. The zero-order valence-corrected chi connectivity index (χ0v) is 24.9. The second-order valence-electron chi connectivity index (χ2n) is 10.2. The average molecular weight is 631 g/mol. The molecule has 0 bridgehead atoms. The van der Waals surface area contributed by atoms with Crippen molar-refractivity contribution >= 4 is 38.7 Å². The first-order valence-corrected chi connectivity index (χ1v) is 14.2. The zero-order chi connectivity index (χ0) is 29.8. The van der Waals surface area contributed by atoms with Gasteiger partial charge < -0.3 is 19.8 Å². The van der Waals surface area contributed by atoms with Crippen molar-refractivity contribution in [3.63, 3.8) is 0 Å². The van der Waals surface area contributed by atoms with Gasteiger partial charge in [0, 0.05) is 41.9 Å². The predicted octanol–water partition coefficient (Wildman–Crippen LogP) is 7.39. The van der Waals surface area contributed by atoms with Crippen LogP contribution in [-0.4, -0.2) is 30.4 Å². The van der Waals surface area contributed by atoms with E-state index in [1.54, 1.807) is 49.6 Å². The van der Waals surface area contributed by atoms with Crippen LogP contribution in [0.15, 0.2) is 88.0 Å². The number of rotatable bonds is 9. The zero-order valence-electron chi connectivity index (χ0n) is 23.3. The van der Waals surface area contributed by atoms with E-state index in [4.69, 9.17) is 9.15 Å². The molecule has 9 heteroatoms. The van der Waals surface area contributed by atoms with Crippen molar-refractivity contribution in [3.05, 3.63) is 106 Å². The molecule has 2 aromatic heterocycles. The molecule has 0 unspecified atom stereocenters. The van der Waals surface area contributed by atoms with Crippen LogP contribution < -0.4 is 15.4 Å². The molecule has 2 heterocycles. The number of hydrogen-bond acceptors (Lipinski definition) is 5. The van der Waals surface area contributed by atoms with Crippen LogP contribution in [0.1, 0.15) is 40.1 Å². The van der Waals surface area contributed by atoms with Crippen molar-refractivity contribution in [1.82, 2.24) is 15.6 Å². The minimum Gasteiger partial charge on any atom is -0.488 e. The van der Waals surface area contributed by atoms with Crippen molar-refractivity contribution in [2.24, 2.45) is 5.92 Å². The first-order valence-electron chi connectivity index (χ1n) is 13.4. The highest BCUT2D eigenvalue weighted by molar-refractivity contribution is 9.10. The maximum absolute atomic E-state index is 13.6. The largest absolute Gasteiger partial charge is 0.488 e. The van der Waals surface area contributed by atoms with Crippen molar-refractivity contribution < 1.29 is 23.1 Å². The van der Waals surface area contributed by atoms with E-state index in [1.165, 1.54) is 12.1 Å². The minimum absolute atomic E-state index is 0.191. The molecule has 42 heavy (non-hydrogen) atoms. The molecular formula is C33H29BrFN3O4. The first-order chi connectivity index (χ1) is 20.2. The molecule has 2 N–H and O–H groups in total. The lowest BCUT2D eigenvalue weighted by molar-refractivity contribution is 0.0945. The number of nitrogens with one attached hydrogen (secondary N) is 2. The van der Waals surface area contributed by atoms with Gasteiger partial charge in [-0.15, -0.1) is 0 Å². The minimum atomic E-state index is -0.386. The van der Waals surface area contributed by atoms with Crippen LogP contribution in [-0.2, 0) is 6.61 Å². The number of carbonyl (C=O) groups excluding carboxylic acids is 2. The van der Waals surface area contributed by atoms with E-state index in [9.17, 15) is 14.0 Å². The molecule has 0 atom stereocenters. The highest BCUT2D eigenvalue weighted by Crippen LogP contribution is 2.39. The van der Waals surface area contributed by atoms with E-state index in [0.29, 0.717) is 61.8 Å². The summed E-state index contributed by atoms with van der Waals surface area (Å²) < 4.78 is 26.7. The van der Waals surface area contributed by atoms with Gasteiger partial charge in [-0.2, -0.15) is 0 Å². The number of pyridine rings is 1. The van der Waals surface area contributed by atoms with Gasteiger partial charge in [0.05, 0.1) is 5.56 Å². The molecule has 7 nitrogen and oxygen atoms in total. The van der Waals surface area contributed by atoms with Crippen LogP contribution in [0.3, 0.4) is 0 Å². The van der Waals surface area contributed by atoms with Crippen LogP contribution in [0, 0.1) is 11.7 Å². The maximum atomic E-state index is 13.6. The Kier molecular flexibility index (Phi) is 8.68. The Morgan fingerprint density at radius 1 is 0.976 bits per heavy atom. The van der Waals surface area contributed by atoms with Gasteiger partial charge in [0.25, 0.3) is 11.8 Å². The molecule has 0 fully saturated rings. The van der Waals surface area contributed by atoms with E-state index in [1.807, 2.05) is 38.1 Å². The van der Waals surface area contributed by atoms with Crippen LogP contribution in [0.5, 0.6) is 5.75 Å². The number of carbonyl (C=O) groups is 2. The predicted molar refractivity (Wildman–Crippen MR) is 164 cm³/mol. The standard InChI is InChI=1S/C33H29BrFN3O4/c1-19(2)17-38-32(39)23-7-10-27(41-18-20-12-13-37-29(34)14-20)25(16-23)22-6-11-28-26(15-22)30(33(40)36-3)31(42-28)21-4-8-24(35)9-5-21/h4-16,19H,17-18H2,1-3H3,(H,36,40)(H,38,39). The highest BCUT2D eigenvalue weighted by Gasteiger charge is 2.23. The Balaban J connectivity index is 1.61. The molecule has 5 aromatic rings. The molecule has 5 rings (SSSR count). The van der Waals surface area contributed by atoms with Gasteiger partial charge in [-0.1, -0.05) is 19.9 Å². The number of amides is 2. The lowest BCUT2D eigenvalue weighted by Gasteiger charge is -2.15. The molecule has 0 saturated carbocycles. The smallest absolute Gasteiger partial charge is 0.255 e. The molecular weight excluding hydrogens is 601 g/mol. The molecule has 214 valence electrons.